The van der Waals surface area contributed by atoms with Gasteiger partial charge < -0.3 is 15.2 Å². The second kappa shape index (κ2) is 9.67. The quantitative estimate of drug-likeness (QED) is 0.634. The highest BCUT2D eigenvalue weighted by atomic mass is 16.5. The Morgan fingerprint density at radius 1 is 1.20 bits per heavy atom. The van der Waals surface area contributed by atoms with Crippen molar-refractivity contribution in [2.45, 2.75) is 32.6 Å². The molecular weight excluding hydrogens is 316 g/mol. The molecule has 0 spiro atoms. The predicted molar refractivity (Wildman–Crippen MR) is 99.1 cm³/mol. The lowest BCUT2D eigenvalue weighted by Gasteiger charge is -2.17. The number of aliphatic carboxylic acids is 1. The van der Waals surface area contributed by atoms with Crippen LogP contribution in [0.2, 0.25) is 0 Å². The number of carboxylic acid groups (broad SMARTS) is 1. The van der Waals surface area contributed by atoms with E-state index < -0.39 is 11.9 Å². The Kier molecular flexibility index (Phi) is 7.26. The SMILES string of the molecule is CC(C)C(C(=O)O)c1cccc(OCCCCNc2ccccn2)c1. The van der Waals surface area contributed by atoms with Crippen molar-refractivity contribution in [2.24, 2.45) is 5.92 Å². The molecule has 0 saturated carbocycles. The van der Waals surface area contributed by atoms with E-state index in [0.717, 1.165) is 36.5 Å². The summed E-state index contributed by atoms with van der Waals surface area (Å²) in [6.45, 7) is 5.28. The van der Waals surface area contributed by atoms with Gasteiger partial charge in [-0.05, 0) is 48.6 Å². The molecule has 0 aliphatic heterocycles. The van der Waals surface area contributed by atoms with E-state index in [1.165, 1.54) is 0 Å². The summed E-state index contributed by atoms with van der Waals surface area (Å²) in [5.41, 5.74) is 0.789. The molecule has 1 aromatic carbocycles. The number of ether oxygens (including phenoxy) is 1. The smallest absolute Gasteiger partial charge is 0.311 e. The van der Waals surface area contributed by atoms with Crippen molar-refractivity contribution in [1.82, 2.24) is 4.98 Å². The molecule has 0 aliphatic carbocycles. The van der Waals surface area contributed by atoms with Crippen molar-refractivity contribution in [3.8, 4) is 5.75 Å². The molecular formula is C20H26N2O3. The first-order chi connectivity index (χ1) is 12.1. The standard InChI is InChI=1S/C20H26N2O3/c1-15(2)19(20(23)24)16-8-7-9-17(14-16)25-13-6-5-12-22-18-10-3-4-11-21-18/h3-4,7-11,14-15,19H,5-6,12-13H2,1-2H3,(H,21,22)(H,23,24). The Morgan fingerprint density at radius 3 is 2.72 bits per heavy atom. The number of carboxylic acids is 1. The molecule has 1 atom stereocenters. The molecule has 5 nitrogen and oxygen atoms in total. The van der Waals surface area contributed by atoms with Gasteiger partial charge in [-0.2, -0.15) is 0 Å². The number of pyridine rings is 1. The van der Waals surface area contributed by atoms with Crippen LogP contribution in [0.4, 0.5) is 5.82 Å². The fourth-order valence-corrected chi connectivity index (χ4v) is 2.71. The minimum Gasteiger partial charge on any atom is -0.494 e. The average Bonchev–Trinajstić information content (AvgIpc) is 2.58. The Morgan fingerprint density at radius 2 is 2.04 bits per heavy atom. The van der Waals surface area contributed by atoms with E-state index in [-0.39, 0.29) is 5.92 Å². The van der Waals surface area contributed by atoms with Crippen molar-refractivity contribution in [1.29, 1.82) is 0 Å². The summed E-state index contributed by atoms with van der Waals surface area (Å²) in [6.07, 6.45) is 3.65. The lowest BCUT2D eigenvalue weighted by atomic mass is 9.88. The zero-order valence-corrected chi connectivity index (χ0v) is 14.8. The third kappa shape index (κ3) is 6.10. The number of hydrogen-bond donors (Lipinski definition) is 2. The van der Waals surface area contributed by atoms with Crippen LogP contribution in [0.3, 0.4) is 0 Å². The lowest BCUT2D eigenvalue weighted by Crippen LogP contribution is -2.17. The van der Waals surface area contributed by atoms with Gasteiger partial charge in [0, 0.05) is 12.7 Å². The first-order valence-corrected chi connectivity index (χ1v) is 8.68. The number of nitrogens with one attached hydrogen (secondary N) is 1. The molecule has 2 N–H and O–H groups in total. The summed E-state index contributed by atoms with van der Waals surface area (Å²) in [7, 11) is 0. The number of rotatable bonds is 10. The van der Waals surface area contributed by atoms with Crippen LogP contribution in [0.5, 0.6) is 5.75 Å². The Labute approximate surface area is 149 Å². The second-order valence-electron chi connectivity index (χ2n) is 6.33. The molecule has 0 aliphatic rings. The van der Waals surface area contributed by atoms with Gasteiger partial charge in [-0.3, -0.25) is 4.79 Å². The van der Waals surface area contributed by atoms with Crippen LogP contribution in [0, 0.1) is 5.92 Å². The minimum atomic E-state index is -0.798. The first kappa shape index (κ1) is 18.8. The first-order valence-electron chi connectivity index (χ1n) is 8.68. The maximum absolute atomic E-state index is 11.4. The summed E-state index contributed by atoms with van der Waals surface area (Å²) in [5.74, 6) is 0.330. The third-order valence-corrected chi connectivity index (χ3v) is 3.96. The van der Waals surface area contributed by atoms with E-state index in [9.17, 15) is 9.90 Å². The van der Waals surface area contributed by atoms with E-state index in [4.69, 9.17) is 4.74 Å². The molecule has 0 fully saturated rings. The van der Waals surface area contributed by atoms with Gasteiger partial charge in [0.15, 0.2) is 0 Å². The summed E-state index contributed by atoms with van der Waals surface area (Å²) in [6, 6.07) is 13.2. The van der Waals surface area contributed by atoms with E-state index in [2.05, 4.69) is 10.3 Å². The molecule has 1 aromatic heterocycles. The van der Waals surface area contributed by atoms with Crippen LogP contribution in [0.25, 0.3) is 0 Å². The number of aromatic nitrogens is 1. The van der Waals surface area contributed by atoms with E-state index in [1.807, 2.05) is 56.3 Å². The van der Waals surface area contributed by atoms with Crippen LogP contribution < -0.4 is 10.1 Å². The van der Waals surface area contributed by atoms with Crippen LogP contribution >= 0.6 is 0 Å². The highest BCUT2D eigenvalue weighted by Gasteiger charge is 2.23. The van der Waals surface area contributed by atoms with Gasteiger partial charge in [0.05, 0.1) is 12.5 Å². The van der Waals surface area contributed by atoms with E-state index in [1.54, 1.807) is 6.20 Å². The van der Waals surface area contributed by atoms with E-state index >= 15 is 0 Å². The number of hydrogen-bond acceptors (Lipinski definition) is 4. The predicted octanol–water partition coefficient (Wildman–Crippen LogP) is 4.18. The topological polar surface area (TPSA) is 71.5 Å². The van der Waals surface area contributed by atoms with Gasteiger partial charge in [-0.25, -0.2) is 4.98 Å². The highest BCUT2D eigenvalue weighted by molar-refractivity contribution is 5.76. The van der Waals surface area contributed by atoms with Gasteiger partial charge in [-0.15, -0.1) is 0 Å². The number of anilines is 1. The molecule has 0 saturated heterocycles. The van der Waals surface area contributed by atoms with Crippen molar-refractivity contribution in [3.63, 3.8) is 0 Å². The lowest BCUT2D eigenvalue weighted by molar-refractivity contribution is -0.139. The zero-order valence-electron chi connectivity index (χ0n) is 14.8. The van der Waals surface area contributed by atoms with Crippen molar-refractivity contribution >= 4 is 11.8 Å². The monoisotopic (exact) mass is 342 g/mol. The molecule has 2 rings (SSSR count). The van der Waals surface area contributed by atoms with Crippen LogP contribution in [0.15, 0.2) is 48.7 Å². The fraction of sp³-hybridized carbons (Fsp3) is 0.400. The zero-order chi connectivity index (χ0) is 18.1. The number of carbonyl (C=O) groups is 1. The Bertz CT molecular complexity index is 659. The Balaban J connectivity index is 1.75. The highest BCUT2D eigenvalue weighted by Crippen LogP contribution is 2.27. The maximum atomic E-state index is 11.4. The minimum absolute atomic E-state index is 0.0328. The number of nitrogens with zero attached hydrogens (tertiary/aromatic N) is 1. The molecule has 1 unspecified atom stereocenters. The molecule has 0 bridgehead atoms. The summed E-state index contributed by atoms with van der Waals surface area (Å²) in [4.78, 5) is 15.7. The van der Waals surface area contributed by atoms with Gasteiger partial charge in [-0.1, -0.05) is 32.0 Å². The average molecular weight is 342 g/mol. The summed E-state index contributed by atoms with van der Waals surface area (Å²) < 4.78 is 5.77. The molecule has 2 aromatic rings. The normalized spacial score (nSPS) is 12.0. The fourth-order valence-electron chi connectivity index (χ4n) is 2.71. The third-order valence-electron chi connectivity index (χ3n) is 3.96. The molecule has 134 valence electrons. The number of benzene rings is 1. The van der Waals surface area contributed by atoms with Crippen LogP contribution in [-0.2, 0) is 4.79 Å². The molecule has 1 heterocycles. The van der Waals surface area contributed by atoms with Crippen LogP contribution in [-0.4, -0.2) is 29.2 Å². The molecule has 0 radical (unpaired) electrons. The largest absolute Gasteiger partial charge is 0.494 e. The van der Waals surface area contributed by atoms with Gasteiger partial charge in [0.2, 0.25) is 0 Å². The van der Waals surface area contributed by atoms with Crippen molar-refractivity contribution in [3.05, 3.63) is 54.2 Å². The van der Waals surface area contributed by atoms with Gasteiger partial charge >= 0.3 is 5.97 Å². The van der Waals surface area contributed by atoms with Gasteiger partial charge in [0.25, 0.3) is 0 Å². The molecule has 0 amide bonds. The van der Waals surface area contributed by atoms with Crippen LogP contribution in [0.1, 0.15) is 38.2 Å². The summed E-state index contributed by atoms with van der Waals surface area (Å²) >= 11 is 0. The van der Waals surface area contributed by atoms with Crippen molar-refractivity contribution < 1.29 is 14.6 Å². The van der Waals surface area contributed by atoms with Crippen molar-refractivity contribution in [2.75, 3.05) is 18.5 Å². The maximum Gasteiger partial charge on any atom is 0.311 e. The number of unbranched alkanes of at least 4 members (excludes halogenated alkanes) is 1. The molecule has 25 heavy (non-hydrogen) atoms. The molecule has 5 heteroatoms. The summed E-state index contributed by atoms with van der Waals surface area (Å²) in [5, 5.41) is 12.7. The van der Waals surface area contributed by atoms with E-state index in [0.29, 0.717) is 6.61 Å². The Hall–Kier alpha value is -2.56. The van der Waals surface area contributed by atoms with Gasteiger partial charge in [0.1, 0.15) is 11.6 Å². The second-order valence-corrected chi connectivity index (χ2v) is 6.33.